The number of aromatic nitrogens is 4. The predicted molar refractivity (Wildman–Crippen MR) is 80.9 cm³/mol. The molecule has 0 bridgehead atoms. The van der Waals surface area contributed by atoms with Crippen LogP contribution in [0.5, 0.6) is 0 Å². The van der Waals surface area contributed by atoms with Gasteiger partial charge in [0.1, 0.15) is 5.82 Å². The van der Waals surface area contributed by atoms with E-state index in [9.17, 15) is 0 Å². The molecule has 0 radical (unpaired) electrons. The van der Waals surface area contributed by atoms with Gasteiger partial charge in [0.2, 0.25) is 5.95 Å². The Balaban J connectivity index is 1.86. The molecule has 2 heterocycles. The maximum Gasteiger partial charge on any atom is 0.226 e. The van der Waals surface area contributed by atoms with Crippen molar-refractivity contribution >= 4 is 22.8 Å². The van der Waals surface area contributed by atoms with Crippen LogP contribution in [-0.2, 0) is 0 Å². The molecular weight excluding hydrogens is 252 g/mol. The van der Waals surface area contributed by atoms with Crippen LogP contribution in [0.15, 0.2) is 6.20 Å². The first kappa shape index (κ1) is 13.1. The van der Waals surface area contributed by atoms with Crippen LogP contribution in [0.25, 0.3) is 11.0 Å². The SMILES string of the molecule is CCNc1nc(NC2CCCC(C)C2)c2cn[nH]c2n1. The van der Waals surface area contributed by atoms with Crippen molar-refractivity contribution < 1.29 is 0 Å². The van der Waals surface area contributed by atoms with E-state index in [4.69, 9.17) is 0 Å². The fourth-order valence-electron chi connectivity index (χ4n) is 2.94. The van der Waals surface area contributed by atoms with Crippen molar-refractivity contribution in [3.63, 3.8) is 0 Å². The number of anilines is 2. The zero-order valence-corrected chi connectivity index (χ0v) is 12.1. The molecule has 2 atom stereocenters. The molecule has 108 valence electrons. The molecule has 0 aliphatic heterocycles. The van der Waals surface area contributed by atoms with Gasteiger partial charge in [0.05, 0.1) is 11.6 Å². The van der Waals surface area contributed by atoms with Crippen molar-refractivity contribution in [2.45, 2.75) is 45.6 Å². The lowest BCUT2D eigenvalue weighted by molar-refractivity contribution is 0.358. The van der Waals surface area contributed by atoms with E-state index in [0.717, 1.165) is 29.3 Å². The van der Waals surface area contributed by atoms with E-state index >= 15 is 0 Å². The molecule has 2 unspecified atom stereocenters. The lowest BCUT2D eigenvalue weighted by atomic mass is 9.87. The maximum atomic E-state index is 4.59. The van der Waals surface area contributed by atoms with Crippen molar-refractivity contribution in [3.05, 3.63) is 6.20 Å². The van der Waals surface area contributed by atoms with Gasteiger partial charge in [-0.3, -0.25) is 5.10 Å². The monoisotopic (exact) mass is 274 g/mol. The normalized spacial score (nSPS) is 22.9. The minimum Gasteiger partial charge on any atom is -0.367 e. The molecule has 1 saturated carbocycles. The first-order valence-electron chi connectivity index (χ1n) is 7.47. The molecule has 1 aliphatic carbocycles. The molecule has 2 aromatic rings. The molecule has 6 heteroatoms. The van der Waals surface area contributed by atoms with Gasteiger partial charge in [-0.25, -0.2) is 0 Å². The molecule has 3 N–H and O–H groups in total. The minimum absolute atomic E-state index is 0.501. The van der Waals surface area contributed by atoms with E-state index in [-0.39, 0.29) is 0 Å². The quantitative estimate of drug-likeness (QED) is 0.799. The molecule has 20 heavy (non-hydrogen) atoms. The molecule has 0 saturated heterocycles. The molecule has 3 rings (SSSR count). The van der Waals surface area contributed by atoms with Crippen LogP contribution in [0.2, 0.25) is 0 Å². The van der Waals surface area contributed by atoms with Gasteiger partial charge in [-0.1, -0.05) is 19.8 Å². The van der Waals surface area contributed by atoms with Crippen molar-refractivity contribution in [2.75, 3.05) is 17.2 Å². The molecule has 1 aliphatic rings. The number of rotatable bonds is 4. The second kappa shape index (κ2) is 5.64. The fraction of sp³-hybridized carbons (Fsp3) is 0.643. The van der Waals surface area contributed by atoms with Gasteiger partial charge in [0.15, 0.2) is 5.65 Å². The highest BCUT2D eigenvalue weighted by Gasteiger charge is 2.20. The maximum absolute atomic E-state index is 4.59. The molecule has 0 amide bonds. The largest absolute Gasteiger partial charge is 0.367 e. The summed E-state index contributed by atoms with van der Waals surface area (Å²) in [5.41, 5.74) is 0.780. The standard InChI is InChI=1S/C14H22N6/c1-3-15-14-18-12(11-8-16-20-13(11)19-14)17-10-6-4-5-9(2)7-10/h8-10H,3-7H2,1-2H3,(H3,15,16,17,18,19,20). The number of H-pyrrole nitrogens is 1. The highest BCUT2D eigenvalue weighted by Crippen LogP contribution is 2.28. The lowest BCUT2D eigenvalue weighted by Crippen LogP contribution is -2.26. The van der Waals surface area contributed by atoms with Crippen LogP contribution in [0, 0.1) is 5.92 Å². The Bertz CT molecular complexity index is 578. The zero-order chi connectivity index (χ0) is 13.9. The highest BCUT2D eigenvalue weighted by atomic mass is 15.2. The Labute approximate surface area is 118 Å². The van der Waals surface area contributed by atoms with Crippen LogP contribution in [-0.4, -0.2) is 32.8 Å². The third kappa shape index (κ3) is 2.69. The molecule has 0 spiro atoms. The Morgan fingerprint density at radius 3 is 3.05 bits per heavy atom. The number of nitrogens with one attached hydrogen (secondary N) is 3. The third-order valence-corrected chi connectivity index (χ3v) is 3.92. The number of hydrogen-bond donors (Lipinski definition) is 3. The van der Waals surface area contributed by atoms with Crippen LogP contribution in [0.1, 0.15) is 39.5 Å². The summed E-state index contributed by atoms with van der Waals surface area (Å²) in [6.07, 6.45) is 6.84. The van der Waals surface area contributed by atoms with Gasteiger partial charge in [-0.2, -0.15) is 15.1 Å². The van der Waals surface area contributed by atoms with Gasteiger partial charge >= 0.3 is 0 Å². The summed E-state index contributed by atoms with van der Waals surface area (Å²) in [4.78, 5) is 9.00. The first-order chi connectivity index (χ1) is 9.76. The zero-order valence-electron chi connectivity index (χ0n) is 12.1. The topological polar surface area (TPSA) is 78.5 Å². The lowest BCUT2D eigenvalue weighted by Gasteiger charge is -2.28. The predicted octanol–water partition coefficient (Wildman–Crippen LogP) is 2.78. The summed E-state index contributed by atoms with van der Waals surface area (Å²) in [5.74, 6) is 2.32. The number of hydrogen-bond acceptors (Lipinski definition) is 5. The minimum atomic E-state index is 0.501. The van der Waals surface area contributed by atoms with E-state index in [1.54, 1.807) is 6.20 Å². The Kier molecular flexibility index (Phi) is 3.71. The van der Waals surface area contributed by atoms with Gasteiger partial charge in [-0.05, 0) is 25.7 Å². The molecule has 1 fully saturated rings. The summed E-state index contributed by atoms with van der Waals surface area (Å²) in [7, 11) is 0. The highest BCUT2D eigenvalue weighted by molar-refractivity contribution is 5.87. The van der Waals surface area contributed by atoms with Gasteiger partial charge in [0.25, 0.3) is 0 Å². The second-order valence-electron chi connectivity index (χ2n) is 5.67. The van der Waals surface area contributed by atoms with E-state index in [1.165, 1.54) is 25.7 Å². The second-order valence-corrected chi connectivity index (χ2v) is 5.67. The van der Waals surface area contributed by atoms with Crippen molar-refractivity contribution in [1.29, 1.82) is 0 Å². The number of aromatic amines is 1. The van der Waals surface area contributed by atoms with Gasteiger partial charge in [-0.15, -0.1) is 0 Å². The van der Waals surface area contributed by atoms with Crippen molar-refractivity contribution in [1.82, 2.24) is 20.2 Å². The van der Waals surface area contributed by atoms with Crippen LogP contribution >= 0.6 is 0 Å². The van der Waals surface area contributed by atoms with Crippen LogP contribution < -0.4 is 10.6 Å². The summed E-state index contributed by atoms with van der Waals surface area (Å²) in [5, 5.41) is 14.7. The summed E-state index contributed by atoms with van der Waals surface area (Å²) in [6.45, 7) is 5.17. The fourth-order valence-corrected chi connectivity index (χ4v) is 2.94. The number of fused-ring (bicyclic) bond motifs is 1. The molecule has 0 aromatic carbocycles. The van der Waals surface area contributed by atoms with E-state index < -0.39 is 0 Å². The summed E-state index contributed by atoms with van der Waals surface area (Å²) in [6, 6.07) is 0.501. The van der Waals surface area contributed by atoms with Crippen molar-refractivity contribution in [3.8, 4) is 0 Å². The number of nitrogens with zero attached hydrogens (tertiary/aromatic N) is 3. The molecular formula is C14H22N6. The average Bonchev–Trinajstić information content (AvgIpc) is 2.87. The van der Waals surface area contributed by atoms with E-state index in [2.05, 4.69) is 37.7 Å². The van der Waals surface area contributed by atoms with E-state index in [1.807, 2.05) is 6.92 Å². The van der Waals surface area contributed by atoms with E-state index in [0.29, 0.717) is 12.0 Å². The van der Waals surface area contributed by atoms with Crippen LogP contribution in [0.4, 0.5) is 11.8 Å². The summed E-state index contributed by atoms with van der Waals surface area (Å²) < 4.78 is 0. The molecule has 6 nitrogen and oxygen atoms in total. The van der Waals surface area contributed by atoms with Crippen molar-refractivity contribution in [2.24, 2.45) is 5.92 Å². The van der Waals surface area contributed by atoms with Gasteiger partial charge < -0.3 is 10.6 Å². The third-order valence-electron chi connectivity index (χ3n) is 3.92. The first-order valence-corrected chi connectivity index (χ1v) is 7.47. The van der Waals surface area contributed by atoms with Gasteiger partial charge in [0, 0.05) is 12.6 Å². The smallest absolute Gasteiger partial charge is 0.226 e. The Morgan fingerprint density at radius 2 is 2.25 bits per heavy atom. The van der Waals surface area contributed by atoms with Crippen LogP contribution in [0.3, 0.4) is 0 Å². The summed E-state index contributed by atoms with van der Waals surface area (Å²) >= 11 is 0. The average molecular weight is 274 g/mol. The Hall–Kier alpha value is -1.85. The molecule has 2 aromatic heterocycles. The Morgan fingerprint density at radius 1 is 1.35 bits per heavy atom.